The van der Waals surface area contributed by atoms with E-state index in [1.54, 1.807) is 29.5 Å². The summed E-state index contributed by atoms with van der Waals surface area (Å²) in [5, 5.41) is 4.51. The summed E-state index contributed by atoms with van der Waals surface area (Å²) in [7, 11) is 0. The largest absolute Gasteiger partial charge is 0.454 e. The molecule has 26 heavy (non-hydrogen) atoms. The Bertz CT molecular complexity index is 864. The molecule has 1 aliphatic heterocycles. The molecule has 1 atom stereocenters. The minimum absolute atomic E-state index is 0.171. The van der Waals surface area contributed by atoms with Crippen molar-refractivity contribution in [2.45, 2.75) is 26.2 Å². The summed E-state index contributed by atoms with van der Waals surface area (Å²) < 4.78 is 10.5. The van der Waals surface area contributed by atoms with E-state index in [4.69, 9.17) is 9.47 Å². The van der Waals surface area contributed by atoms with Crippen LogP contribution < -0.4 is 25.6 Å². The van der Waals surface area contributed by atoms with Gasteiger partial charge in [-0.3, -0.25) is 10.2 Å². The van der Waals surface area contributed by atoms with Gasteiger partial charge in [0.15, 0.2) is 11.5 Å². The fourth-order valence-electron chi connectivity index (χ4n) is 3.19. The normalized spacial score (nSPS) is 17.3. The van der Waals surface area contributed by atoms with Crippen LogP contribution in [-0.2, 0) is 12.8 Å². The Labute approximate surface area is 154 Å². The Morgan fingerprint density at radius 1 is 1.19 bits per heavy atom. The summed E-state index contributed by atoms with van der Waals surface area (Å²) in [6.07, 6.45) is 3.01. The zero-order chi connectivity index (χ0) is 18.1. The van der Waals surface area contributed by atoms with E-state index in [0.29, 0.717) is 28.7 Å². The van der Waals surface area contributed by atoms with E-state index in [-0.39, 0.29) is 12.7 Å². The lowest BCUT2D eigenvalue weighted by molar-refractivity contribution is 0.0937. The maximum atomic E-state index is 12.4. The highest BCUT2D eigenvalue weighted by Gasteiger charge is 2.23. The molecule has 3 amide bonds. The molecule has 2 aliphatic rings. The molecule has 7 nitrogen and oxygen atoms in total. The van der Waals surface area contributed by atoms with Crippen LogP contribution in [0.25, 0.3) is 0 Å². The minimum atomic E-state index is -0.532. The third-order valence-electron chi connectivity index (χ3n) is 4.57. The van der Waals surface area contributed by atoms with E-state index >= 15 is 0 Å². The molecule has 0 radical (unpaired) electrons. The second-order valence-electron chi connectivity index (χ2n) is 6.50. The summed E-state index contributed by atoms with van der Waals surface area (Å²) >= 11 is 1.62. The van der Waals surface area contributed by atoms with Gasteiger partial charge < -0.3 is 14.8 Å². The molecule has 4 rings (SSSR count). The fraction of sp³-hybridized carbons (Fsp3) is 0.333. The smallest absolute Gasteiger partial charge is 0.337 e. The summed E-state index contributed by atoms with van der Waals surface area (Å²) in [6, 6.07) is 4.55. The van der Waals surface area contributed by atoms with Crippen LogP contribution in [0.5, 0.6) is 11.5 Å². The molecule has 0 fully saturated rings. The molecule has 1 aromatic heterocycles. The number of ether oxygens (including phenoxy) is 2. The molecule has 1 aromatic carbocycles. The molecule has 8 heteroatoms. The number of rotatable bonds is 2. The molecule has 2 aromatic rings. The van der Waals surface area contributed by atoms with Crippen LogP contribution in [-0.4, -0.2) is 18.7 Å². The van der Waals surface area contributed by atoms with Crippen molar-refractivity contribution in [3.8, 4) is 11.5 Å². The Hall–Kier alpha value is -2.74. The summed E-state index contributed by atoms with van der Waals surface area (Å²) in [6.45, 7) is 2.40. The van der Waals surface area contributed by atoms with Crippen LogP contribution >= 0.6 is 11.3 Å². The van der Waals surface area contributed by atoms with Crippen molar-refractivity contribution in [2.75, 3.05) is 12.1 Å². The second-order valence-corrected chi connectivity index (χ2v) is 7.46. The first-order valence-electron chi connectivity index (χ1n) is 8.46. The van der Waals surface area contributed by atoms with Crippen LogP contribution in [0.1, 0.15) is 34.1 Å². The number of thiophene rings is 1. The summed E-state index contributed by atoms with van der Waals surface area (Å²) in [5.74, 6) is 1.58. The van der Waals surface area contributed by atoms with E-state index < -0.39 is 6.03 Å². The highest BCUT2D eigenvalue weighted by atomic mass is 32.1. The third kappa shape index (κ3) is 3.32. The van der Waals surface area contributed by atoms with Crippen molar-refractivity contribution in [1.82, 2.24) is 10.9 Å². The van der Waals surface area contributed by atoms with Gasteiger partial charge in [-0.2, -0.15) is 0 Å². The lowest BCUT2D eigenvalue weighted by Gasteiger charge is -2.18. The molecular formula is C18H19N3O4S. The van der Waals surface area contributed by atoms with Crippen molar-refractivity contribution in [2.24, 2.45) is 5.92 Å². The van der Waals surface area contributed by atoms with E-state index in [1.807, 2.05) is 5.38 Å². The van der Waals surface area contributed by atoms with Crippen LogP contribution in [0.2, 0.25) is 0 Å². The predicted molar refractivity (Wildman–Crippen MR) is 97.7 cm³/mol. The Morgan fingerprint density at radius 3 is 2.92 bits per heavy atom. The molecule has 1 aliphatic carbocycles. The predicted octanol–water partition coefficient (Wildman–Crippen LogP) is 3.07. The highest BCUT2D eigenvalue weighted by Crippen LogP contribution is 2.34. The van der Waals surface area contributed by atoms with Crippen molar-refractivity contribution in [3.05, 3.63) is 39.6 Å². The van der Waals surface area contributed by atoms with E-state index in [1.165, 1.54) is 4.88 Å². The van der Waals surface area contributed by atoms with Crippen LogP contribution in [0, 0.1) is 5.92 Å². The maximum Gasteiger partial charge on any atom is 0.337 e. The molecule has 0 saturated heterocycles. The zero-order valence-corrected chi connectivity index (χ0v) is 15.1. The van der Waals surface area contributed by atoms with Crippen molar-refractivity contribution in [3.63, 3.8) is 0 Å². The number of urea groups is 1. The average molecular weight is 373 g/mol. The van der Waals surface area contributed by atoms with Gasteiger partial charge in [0, 0.05) is 22.0 Å². The minimum Gasteiger partial charge on any atom is -0.454 e. The number of hydrogen-bond donors (Lipinski definition) is 3. The first-order chi connectivity index (χ1) is 12.6. The lowest BCUT2D eigenvalue weighted by atomic mass is 9.88. The maximum absolute atomic E-state index is 12.4. The second kappa shape index (κ2) is 6.87. The number of fused-ring (bicyclic) bond motifs is 2. The van der Waals surface area contributed by atoms with Gasteiger partial charge in [0.05, 0.1) is 5.56 Å². The van der Waals surface area contributed by atoms with Crippen molar-refractivity contribution >= 4 is 29.0 Å². The fourth-order valence-corrected chi connectivity index (χ4v) is 4.43. The first kappa shape index (κ1) is 16.7. The molecule has 0 spiro atoms. The van der Waals surface area contributed by atoms with Gasteiger partial charge in [-0.1, -0.05) is 6.92 Å². The monoisotopic (exact) mass is 373 g/mol. The van der Waals surface area contributed by atoms with Gasteiger partial charge in [-0.25, -0.2) is 10.2 Å². The molecular weight excluding hydrogens is 354 g/mol. The molecule has 0 bridgehead atoms. The van der Waals surface area contributed by atoms with E-state index in [0.717, 1.165) is 24.8 Å². The topological polar surface area (TPSA) is 88.7 Å². The van der Waals surface area contributed by atoms with E-state index in [9.17, 15) is 9.59 Å². The number of anilines is 1. The number of nitrogens with one attached hydrogen (secondary N) is 3. The SMILES string of the molecule is CC1CCc2c(C(=O)NNC(=O)Nc3ccc4c(c3)OCO4)csc2C1. The Balaban J connectivity index is 1.34. The molecule has 136 valence electrons. The molecule has 0 saturated carbocycles. The van der Waals surface area contributed by atoms with Crippen molar-refractivity contribution < 1.29 is 19.1 Å². The van der Waals surface area contributed by atoms with Gasteiger partial charge >= 0.3 is 6.03 Å². The lowest BCUT2D eigenvalue weighted by Crippen LogP contribution is -2.44. The van der Waals surface area contributed by atoms with E-state index in [2.05, 4.69) is 23.1 Å². The summed E-state index contributed by atoms with van der Waals surface area (Å²) in [4.78, 5) is 25.7. The number of carbonyl (C=O) groups is 2. The number of carbonyl (C=O) groups excluding carboxylic acids is 2. The Kier molecular flexibility index (Phi) is 4.42. The van der Waals surface area contributed by atoms with Crippen LogP contribution in [0.4, 0.5) is 10.5 Å². The number of hydrazine groups is 1. The number of hydrogen-bond acceptors (Lipinski definition) is 5. The average Bonchev–Trinajstić information content (AvgIpc) is 3.25. The standard InChI is InChI=1S/C18H19N3O4S/c1-10-2-4-12-13(8-26-16(12)6-10)17(22)20-21-18(23)19-11-3-5-14-15(7-11)25-9-24-14/h3,5,7-8,10H,2,4,6,9H2,1H3,(H,20,22)(H2,19,21,23). The quantitative estimate of drug-likeness (QED) is 0.706. The van der Waals surface area contributed by atoms with Gasteiger partial charge in [0.25, 0.3) is 5.91 Å². The van der Waals surface area contributed by atoms with Crippen LogP contribution in [0.3, 0.4) is 0 Å². The molecule has 3 N–H and O–H groups in total. The number of amides is 3. The van der Waals surface area contributed by atoms with Crippen molar-refractivity contribution in [1.29, 1.82) is 0 Å². The van der Waals surface area contributed by atoms with Gasteiger partial charge in [-0.05, 0) is 42.9 Å². The van der Waals surface area contributed by atoms with Gasteiger partial charge in [-0.15, -0.1) is 11.3 Å². The third-order valence-corrected chi connectivity index (χ3v) is 5.62. The zero-order valence-electron chi connectivity index (χ0n) is 14.3. The first-order valence-corrected chi connectivity index (χ1v) is 9.34. The van der Waals surface area contributed by atoms with Gasteiger partial charge in [0.1, 0.15) is 0 Å². The highest BCUT2D eigenvalue weighted by molar-refractivity contribution is 7.10. The van der Waals surface area contributed by atoms with Gasteiger partial charge in [0.2, 0.25) is 6.79 Å². The number of benzene rings is 1. The summed E-state index contributed by atoms with van der Waals surface area (Å²) in [5.41, 5.74) is 7.17. The molecule has 2 heterocycles. The Morgan fingerprint density at radius 2 is 2.04 bits per heavy atom. The molecule has 1 unspecified atom stereocenters. The van der Waals surface area contributed by atoms with Crippen LogP contribution in [0.15, 0.2) is 23.6 Å².